The Labute approximate surface area is 214 Å². The van der Waals surface area contributed by atoms with E-state index in [1.807, 2.05) is 33.8 Å². The summed E-state index contributed by atoms with van der Waals surface area (Å²) in [4.78, 5) is 22.4. The maximum Gasteiger partial charge on any atom is 0.410 e. The van der Waals surface area contributed by atoms with Gasteiger partial charge in [-0.1, -0.05) is 15.9 Å². The molecular formula is C25H32BrN5O4. The lowest BCUT2D eigenvalue weighted by molar-refractivity contribution is -0.00179. The molecule has 9 nitrogen and oxygen atoms in total. The van der Waals surface area contributed by atoms with Crippen molar-refractivity contribution in [2.24, 2.45) is 0 Å². The lowest BCUT2D eigenvalue weighted by Gasteiger charge is -2.43. The topological polar surface area (TPSA) is 126 Å². The number of piperidine rings is 1. The van der Waals surface area contributed by atoms with E-state index in [4.69, 9.17) is 25.7 Å². The van der Waals surface area contributed by atoms with Crippen molar-refractivity contribution < 1.29 is 19.0 Å². The number of halogens is 1. The molecule has 4 N–H and O–H groups in total. The van der Waals surface area contributed by atoms with Gasteiger partial charge in [-0.3, -0.25) is 0 Å². The summed E-state index contributed by atoms with van der Waals surface area (Å²) in [7, 11) is 0. The highest BCUT2D eigenvalue weighted by Crippen LogP contribution is 2.48. The molecule has 35 heavy (non-hydrogen) atoms. The summed E-state index contributed by atoms with van der Waals surface area (Å²) in [6.07, 6.45) is 5.27. The third-order valence-corrected chi connectivity index (χ3v) is 6.60. The molecule has 4 rings (SSSR count). The number of nitrogens with zero attached hydrogens (tertiary/aromatic N) is 3. The van der Waals surface area contributed by atoms with Crippen molar-refractivity contribution in [2.45, 2.75) is 58.2 Å². The maximum absolute atomic E-state index is 12.5. The fourth-order valence-electron chi connectivity index (χ4n) is 4.28. The summed E-state index contributed by atoms with van der Waals surface area (Å²) in [6.45, 7) is 9.13. The van der Waals surface area contributed by atoms with Crippen LogP contribution >= 0.6 is 15.9 Å². The number of likely N-dealkylation sites (tertiary alicyclic amines) is 1. The van der Waals surface area contributed by atoms with Crippen LogP contribution in [0.2, 0.25) is 0 Å². The zero-order valence-electron chi connectivity index (χ0n) is 20.6. The average Bonchev–Trinajstić information content (AvgIpc) is 2.76. The van der Waals surface area contributed by atoms with Gasteiger partial charge < -0.3 is 30.6 Å². The Morgan fingerprint density at radius 2 is 1.97 bits per heavy atom. The molecule has 0 unspecified atom stereocenters. The van der Waals surface area contributed by atoms with E-state index in [9.17, 15) is 4.79 Å². The third-order valence-electron chi connectivity index (χ3n) is 5.94. The van der Waals surface area contributed by atoms with E-state index in [0.717, 1.165) is 21.2 Å². The Kier molecular flexibility index (Phi) is 6.86. The van der Waals surface area contributed by atoms with Crippen molar-refractivity contribution in [1.29, 1.82) is 0 Å². The number of rotatable bonds is 4. The van der Waals surface area contributed by atoms with Gasteiger partial charge in [0.05, 0.1) is 6.61 Å². The predicted molar refractivity (Wildman–Crippen MR) is 139 cm³/mol. The molecule has 1 saturated heterocycles. The summed E-state index contributed by atoms with van der Waals surface area (Å²) >= 11 is 3.76. The highest BCUT2D eigenvalue weighted by molar-refractivity contribution is 9.15. The van der Waals surface area contributed by atoms with Crippen LogP contribution in [0.5, 0.6) is 11.5 Å². The van der Waals surface area contributed by atoms with Crippen LogP contribution in [0.3, 0.4) is 0 Å². The third kappa shape index (κ3) is 5.63. The Bertz CT molecular complexity index is 1150. The summed E-state index contributed by atoms with van der Waals surface area (Å²) in [6, 6.07) is 4.02. The first-order chi connectivity index (χ1) is 16.5. The van der Waals surface area contributed by atoms with Crippen LogP contribution in [-0.2, 0) is 11.2 Å². The number of benzene rings is 1. The minimum Gasteiger partial charge on any atom is -0.490 e. The quantitative estimate of drug-likeness (QED) is 0.573. The van der Waals surface area contributed by atoms with Gasteiger partial charge in [-0.25, -0.2) is 9.78 Å². The number of hydrogen-bond acceptors (Lipinski definition) is 8. The van der Waals surface area contributed by atoms with Crippen LogP contribution in [-0.4, -0.2) is 51.9 Å². The second kappa shape index (κ2) is 9.56. The van der Waals surface area contributed by atoms with Crippen LogP contribution < -0.4 is 20.9 Å². The first-order valence-electron chi connectivity index (χ1n) is 11.7. The number of amides is 1. The van der Waals surface area contributed by atoms with E-state index in [1.54, 1.807) is 11.1 Å². The molecule has 188 valence electrons. The van der Waals surface area contributed by atoms with Gasteiger partial charge in [0.25, 0.3) is 0 Å². The van der Waals surface area contributed by atoms with Gasteiger partial charge >= 0.3 is 6.09 Å². The Morgan fingerprint density at radius 3 is 2.60 bits per heavy atom. The van der Waals surface area contributed by atoms with Gasteiger partial charge in [-0.15, -0.1) is 0 Å². The minimum absolute atomic E-state index is 0.147. The molecule has 0 atom stereocenters. The van der Waals surface area contributed by atoms with E-state index >= 15 is 0 Å². The largest absolute Gasteiger partial charge is 0.490 e. The van der Waals surface area contributed by atoms with Gasteiger partial charge in [0.1, 0.15) is 17.0 Å². The normalized spacial score (nSPS) is 16.8. The van der Waals surface area contributed by atoms with Crippen LogP contribution in [0.15, 0.2) is 24.4 Å². The van der Waals surface area contributed by atoms with Crippen molar-refractivity contribution in [3.63, 3.8) is 0 Å². The molecule has 10 heteroatoms. The summed E-state index contributed by atoms with van der Waals surface area (Å²) in [5.41, 5.74) is 13.3. The molecule has 1 amide bonds. The molecule has 0 radical (unpaired) electrons. The smallest absolute Gasteiger partial charge is 0.410 e. The van der Waals surface area contributed by atoms with Gasteiger partial charge in [0, 0.05) is 54.2 Å². The Hall–Kier alpha value is -3.01. The molecule has 1 aromatic heterocycles. The molecule has 1 aromatic carbocycles. The number of ether oxygens (including phenoxy) is 3. The first-order valence-corrected chi connectivity index (χ1v) is 12.5. The predicted octanol–water partition coefficient (Wildman–Crippen LogP) is 4.53. The molecule has 1 fully saturated rings. The number of aromatic nitrogens is 2. The van der Waals surface area contributed by atoms with Gasteiger partial charge in [0.15, 0.2) is 11.5 Å². The molecule has 0 aliphatic carbocycles. The second-order valence-electron chi connectivity index (χ2n) is 9.85. The zero-order valence-corrected chi connectivity index (χ0v) is 22.1. The molecule has 0 bridgehead atoms. The lowest BCUT2D eigenvalue weighted by atomic mass is 9.87. The van der Waals surface area contributed by atoms with Gasteiger partial charge in [0.2, 0.25) is 5.95 Å². The highest BCUT2D eigenvalue weighted by atomic mass is 79.9. The van der Waals surface area contributed by atoms with Crippen LogP contribution in [0.1, 0.15) is 57.2 Å². The lowest BCUT2D eigenvalue weighted by Crippen LogP contribution is -2.50. The van der Waals surface area contributed by atoms with E-state index < -0.39 is 11.2 Å². The second-order valence-corrected chi connectivity index (χ2v) is 10.7. The van der Waals surface area contributed by atoms with Crippen molar-refractivity contribution in [1.82, 2.24) is 14.9 Å². The highest BCUT2D eigenvalue weighted by Gasteiger charge is 2.41. The van der Waals surface area contributed by atoms with Crippen LogP contribution in [0, 0.1) is 0 Å². The number of nitrogen functional groups attached to an aromatic ring is 2. The van der Waals surface area contributed by atoms with Crippen molar-refractivity contribution >= 4 is 38.3 Å². The van der Waals surface area contributed by atoms with Crippen LogP contribution in [0.4, 0.5) is 16.6 Å². The van der Waals surface area contributed by atoms with Crippen LogP contribution in [0.25, 0.3) is 4.48 Å². The number of carbonyl (C=O) groups excluding carboxylic acids is 1. The SMILES string of the molecule is CCOc1cc(Cc2cnc(N)nc2N)cc2c1OC1(C=C2Br)CCN(C(=O)OC(C)(C)C)CC1. The standard InChI is InChI=1S/C25H32BrN5O4/c1-5-33-19-12-15(10-16-14-29-22(28)30-21(16)27)11-17-18(26)13-25(34-20(17)19)6-8-31(9-7-25)23(32)35-24(2,3)4/h11-14H,5-10H2,1-4H3,(H4,27,28,29,30). The molecule has 3 heterocycles. The zero-order chi connectivity index (χ0) is 25.4. The van der Waals surface area contributed by atoms with Crippen molar-refractivity contribution in [2.75, 3.05) is 31.2 Å². The summed E-state index contributed by atoms with van der Waals surface area (Å²) in [5.74, 6) is 1.86. The number of hydrogen-bond donors (Lipinski definition) is 2. The van der Waals surface area contributed by atoms with E-state index in [0.29, 0.717) is 56.3 Å². The van der Waals surface area contributed by atoms with Gasteiger partial charge in [-0.05, 0) is 51.5 Å². The minimum atomic E-state index is -0.535. The number of fused-ring (bicyclic) bond motifs is 1. The van der Waals surface area contributed by atoms with Crippen molar-refractivity contribution in [3.05, 3.63) is 41.1 Å². The molecule has 2 aliphatic heterocycles. The summed E-state index contributed by atoms with van der Waals surface area (Å²) < 4.78 is 19.1. The Balaban J connectivity index is 1.58. The molecular weight excluding hydrogens is 514 g/mol. The van der Waals surface area contributed by atoms with E-state index in [1.165, 1.54) is 0 Å². The number of nitrogens with two attached hydrogens (primary N) is 2. The molecule has 2 aromatic rings. The maximum atomic E-state index is 12.5. The average molecular weight is 546 g/mol. The fraction of sp³-hybridized carbons (Fsp3) is 0.480. The van der Waals surface area contributed by atoms with E-state index in [2.05, 4.69) is 38.0 Å². The first kappa shape index (κ1) is 25.1. The summed E-state index contributed by atoms with van der Waals surface area (Å²) in [5, 5.41) is 0. The number of carbonyl (C=O) groups is 1. The number of anilines is 2. The monoisotopic (exact) mass is 545 g/mol. The fourth-order valence-corrected chi connectivity index (χ4v) is 4.99. The van der Waals surface area contributed by atoms with E-state index in [-0.39, 0.29) is 12.0 Å². The Morgan fingerprint density at radius 1 is 1.26 bits per heavy atom. The molecule has 1 spiro atoms. The molecule has 2 aliphatic rings. The van der Waals surface area contributed by atoms with Crippen molar-refractivity contribution in [3.8, 4) is 11.5 Å². The molecule has 0 saturated carbocycles. The van der Waals surface area contributed by atoms with Gasteiger partial charge in [-0.2, -0.15) is 4.98 Å².